The average Bonchev–Trinajstić information content (AvgIpc) is 2.90. The maximum atomic E-state index is 12.0. The molecule has 0 aromatic carbocycles. The predicted octanol–water partition coefficient (Wildman–Crippen LogP) is 4.34. The Balaban J connectivity index is 2.45. The SMILES string of the molecule is CCCCC(O)C=CC1=C(CC=CCCCCC(=O)O)C(=O)CC1. The molecule has 0 bridgehead atoms. The fraction of sp³-hybridized carbons (Fsp3) is 0.600. The number of rotatable bonds is 12. The Hall–Kier alpha value is -1.68. The van der Waals surface area contributed by atoms with E-state index in [1.807, 2.05) is 18.2 Å². The Labute approximate surface area is 145 Å². The van der Waals surface area contributed by atoms with Crippen LogP contribution in [0.15, 0.2) is 35.5 Å². The maximum Gasteiger partial charge on any atom is 0.303 e. The lowest BCUT2D eigenvalue weighted by Gasteiger charge is -2.04. The summed E-state index contributed by atoms with van der Waals surface area (Å²) < 4.78 is 0. The summed E-state index contributed by atoms with van der Waals surface area (Å²) in [5.74, 6) is -0.550. The van der Waals surface area contributed by atoms with Gasteiger partial charge in [-0.3, -0.25) is 9.59 Å². The second-order valence-corrected chi connectivity index (χ2v) is 6.31. The van der Waals surface area contributed by atoms with Crippen LogP contribution in [0.3, 0.4) is 0 Å². The van der Waals surface area contributed by atoms with Gasteiger partial charge >= 0.3 is 5.97 Å². The van der Waals surface area contributed by atoms with Crippen molar-refractivity contribution in [2.75, 3.05) is 0 Å². The van der Waals surface area contributed by atoms with Crippen LogP contribution in [-0.2, 0) is 9.59 Å². The number of aliphatic carboxylic acids is 1. The Morgan fingerprint density at radius 1 is 1.21 bits per heavy atom. The number of ketones is 1. The number of carbonyl (C=O) groups excluding carboxylic acids is 1. The molecular formula is C20H30O4. The van der Waals surface area contributed by atoms with Gasteiger partial charge in [0.25, 0.3) is 0 Å². The molecule has 0 aliphatic heterocycles. The quantitative estimate of drug-likeness (QED) is 0.411. The van der Waals surface area contributed by atoms with Crippen molar-refractivity contribution < 1.29 is 19.8 Å². The Kier molecular flexibility index (Phi) is 10.0. The van der Waals surface area contributed by atoms with Crippen molar-refractivity contribution in [1.82, 2.24) is 0 Å². The van der Waals surface area contributed by atoms with E-state index in [1.54, 1.807) is 6.08 Å². The van der Waals surface area contributed by atoms with E-state index in [1.165, 1.54) is 0 Å². The summed E-state index contributed by atoms with van der Waals surface area (Å²) in [6.07, 6.45) is 14.7. The number of carboxylic acids is 1. The first-order chi connectivity index (χ1) is 11.5. The van der Waals surface area contributed by atoms with Crippen LogP contribution in [0.1, 0.15) is 71.1 Å². The Bertz CT molecular complexity index is 500. The topological polar surface area (TPSA) is 74.6 Å². The highest BCUT2D eigenvalue weighted by Gasteiger charge is 2.20. The van der Waals surface area contributed by atoms with Crippen LogP contribution >= 0.6 is 0 Å². The summed E-state index contributed by atoms with van der Waals surface area (Å²) in [6.45, 7) is 2.10. The smallest absolute Gasteiger partial charge is 0.303 e. The second-order valence-electron chi connectivity index (χ2n) is 6.31. The van der Waals surface area contributed by atoms with Gasteiger partial charge < -0.3 is 10.2 Å². The van der Waals surface area contributed by atoms with Crippen molar-refractivity contribution >= 4 is 11.8 Å². The van der Waals surface area contributed by atoms with Gasteiger partial charge in [-0.15, -0.1) is 0 Å². The number of carboxylic acid groups (broad SMARTS) is 1. The van der Waals surface area contributed by atoms with Gasteiger partial charge in [0.15, 0.2) is 5.78 Å². The van der Waals surface area contributed by atoms with E-state index in [4.69, 9.17) is 5.11 Å². The van der Waals surface area contributed by atoms with Crippen molar-refractivity contribution in [3.05, 3.63) is 35.5 Å². The van der Waals surface area contributed by atoms with Crippen LogP contribution in [0.5, 0.6) is 0 Å². The second kappa shape index (κ2) is 11.8. The summed E-state index contributed by atoms with van der Waals surface area (Å²) in [5.41, 5.74) is 1.90. The molecule has 24 heavy (non-hydrogen) atoms. The predicted molar refractivity (Wildman–Crippen MR) is 95.8 cm³/mol. The normalized spacial score (nSPS) is 16.7. The van der Waals surface area contributed by atoms with E-state index < -0.39 is 12.1 Å². The molecule has 1 aliphatic rings. The van der Waals surface area contributed by atoms with Crippen LogP contribution in [0.2, 0.25) is 0 Å². The number of carbonyl (C=O) groups is 2. The lowest BCUT2D eigenvalue weighted by atomic mass is 10.0. The molecule has 4 nitrogen and oxygen atoms in total. The lowest BCUT2D eigenvalue weighted by molar-refractivity contribution is -0.137. The summed E-state index contributed by atoms with van der Waals surface area (Å²) in [5, 5.41) is 18.4. The number of unbranched alkanes of at least 4 members (excludes halogenated alkanes) is 3. The monoisotopic (exact) mass is 334 g/mol. The van der Waals surface area contributed by atoms with E-state index >= 15 is 0 Å². The zero-order chi connectivity index (χ0) is 17.8. The van der Waals surface area contributed by atoms with E-state index in [-0.39, 0.29) is 12.2 Å². The van der Waals surface area contributed by atoms with Gasteiger partial charge in [0.2, 0.25) is 0 Å². The summed E-state index contributed by atoms with van der Waals surface area (Å²) in [6, 6.07) is 0. The molecule has 134 valence electrons. The number of Topliss-reactive ketones (excluding diaryl/α,β-unsaturated/α-hetero) is 1. The van der Waals surface area contributed by atoms with Crippen molar-refractivity contribution in [3.63, 3.8) is 0 Å². The third-order valence-corrected chi connectivity index (χ3v) is 4.22. The lowest BCUT2D eigenvalue weighted by Crippen LogP contribution is -2.01. The largest absolute Gasteiger partial charge is 0.481 e. The summed E-state index contributed by atoms with van der Waals surface area (Å²) >= 11 is 0. The highest BCUT2D eigenvalue weighted by Crippen LogP contribution is 2.27. The van der Waals surface area contributed by atoms with Crippen LogP contribution < -0.4 is 0 Å². The molecule has 0 spiro atoms. The van der Waals surface area contributed by atoms with Gasteiger partial charge in [-0.2, -0.15) is 0 Å². The third kappa shape index (κ3) is 8.25. The molecular weight excluding hydrogens is 304 g/mol. The molecule has 0 radical (unpaired) electrons. The molecule has 0 aromatic rings. The van der Waals surface area contributed by atoms with E-state index in [0.717, 1.165) is 49.7 Å². The number of aliphatic hydroxyl groups excluding tert-OH is 1. The molecule has 1 rings (SSSR count). The van der Waals surface area contributed by atoms with Gasteiger partial charge in [0.05, 0.1) is 6.10 Å². The number of hydrogen-bond acceptors (Lipinski definition) is 3. The van der Waals surface area contributed by atoms with Crippen LogP contribution in [0.25, 0.3) is 0 Å². The highest BCUT2D eigenvalue weighted by molar-refractivity contribution is 5.99. The maximum absolute atomic E-state index is 12.0. The average molecular weight is 334 g/mol. The van der Waals surface area contributed by atoms with Gasteiger partial charge in [-0.05, 0) is 44.1 Å². The molecule has 0 fully saturated rings. The van der Waals surface area contributed by atoms with Gasteiger partial charge in [-0.25, -0.2) is 0 Å². The molecule has 2 N–H and O–H groups in total. The van der Waals surface area contributed by atoms with Gasteiger partial charge in [0.1, 0.15) is 0 Å². The zero-order valence-electron chi connectivity index (χ0n) is 14.7. The first-order valence-electron chi connectivity index (χ1n) is 9.02. The minimum Gasteiger partial charge on any atom is -0.481 e. The van der Waals surface area contributed by atoms with Crippen molar-refractivity contribution in [3.8, 4) is 0 Å². The summed E-state index contributed by atoms with van der Waals surface area (Å²) in [4.78, 5) is 22.4. The molecule has 1 aliphatic carbocycles. The summed E-state index contributed by atoms with van der Waals surface area (Å²) in [7, 11) is 0. The standard InChI is InChI=1S/C20H30O4/c1-2-3-9-17(21)14-12-16-13-15-19(22)18(16)10-7-5-4-6-8-11-20(23)24/h5,7,12,14,17,21H,2-4,6,8-11,13,15H2,1H3,(H,23,24). The van der Waals surface area contributed by atoms with Crippen molar-refractivity contribution in [2.24, 2.45) is 0 Å². The molecule has 0 saturated heterocycles. The highest BCUT2D eigenvalue weighted by atomic mass is 16.4. The number of aliphatic hydroxyl groups is 1. The molecule has 4 heteroatoms. The molecule has 0 saturated carbocycles. The zero-order valence-corrected chi connectivity index (χ0v) is 14.7. The number of hydrogen-bond donors (Lipinski definition) is 2. The number of allylic oxidation sites excluding steroid dienone is 5. The Morgan fingerprint density at radius 3 is 2.71 bits per heavy atom. The first kappa shape index (κ1) is 20.4. The van der Waals surface area contributed by atoms with Crippen LogP contribution in [0.4, 0.5) is 0 Å². The van der Waals surface area contributed by atoms with E-state index in [9.17, 15) is 14.7 Å². The van der Waals surface area contributed by atoms with E-state index in [2.05, 4.69) is 6.92 Å². The van der Waals surface area contributed by atoms with Gasteiger partial charge in [0, 0.05) is 18.4 Å². The van der Waals surface area contributed by atoms with Crippen LogP contribution in [0, 0.1) is 0 Å². The minimum absolute atomic E-state index is 0.202. The van der Waals surface area contributed by atoms with Crippen molar-refractivity contribution in [2.45, 2.75) is 77.2 Å². The molecule has 0 aromatic heterocycles. The fourth-order valence-electron chi connectivity index (χ4n) is 2.75. The minimum atomic E-state index is -0.752. The van der Waals surface area contributed by atoms with E-state index in [0.29, 0.717) is 19.3 Å². The van der Waals surface area contributed by atoms with Gasteiger partial charge in [-0.1, -0.05) is 44.1 Å². The third-order valence-electron chi connectivity index (χ3n) is 4.22. The molecule has 1 unspecified atom stereocenters. The Morgan fingerprint density at radius 2 is 2.00 bits per heavy atom. The molecule has 1 atom stereocenters. The molecule has 0 amide bonds. The molecule has 0 heterocycles. The van der Waals surface area contributed by atoms with Crippen molar-refractivity contribution in [1.29, 1.82) is 0 Å². The fourth-order valence-corrected chi connectivity index (χ4v) is 2.75. The first-order valence-corrected chi connectivity index (χ1v) is 9.02. The van der Waals surface area contributed by atoms with Crippen LogP contribution in [-0.4, -0.2) is 28.1 Å².